The summed E-state index contributed by atoms with van der Waals surface area (Å²) in [5, 5.41) is 10.1. The van der Waals surface area contributed by atoms with Gasteiger partial charge in [0.15, 0.2) is 0 Å². The summed E-state index contributed by atoms with van der Waals surface area (Å²) in [5.41, 5.74) is 6.83. The van der Waals surface area contributed by atoms with Crippen molar-refractivity contribution in [2.75, 3.05) is 0 Å². The van der Waals surface area contributed by atoms with Crippen molar-refractivity contribution in [3.8, 4) is 29.2 Å². The molecule has 0 aliphatic heterocycles. The Hall–Kier alpha value is -2.46. The molecule has 2 aromatic carbocycles. The summed E-state index contributed by atoms with van der Waals surface area (Å²) in [7, 11) is 0. The summed E-state index contributed by atoms with van der Waals surface area (Å²) in [6.07, 6.45) is 12.1. The SMILES string of the molecule is C#C/C(C)=C(/CCC)c1ccc(-c2ccc(O)c(CCCCC)c2)cc1. The fourth-order valence-electron chi connectivity index (χ4n) is 3.28. The second kappa shape index (κ2) is 9.88. The van der Waals surface area contributed by atoms with Crippen LogP contribution in [0.15, 0.2) is 48.0 Å². The molecular weight excluding hydrogens is 316 g/mol. The quantitative estimate of drug-likeness (QED) is 0.403. The molecule has 0 radical (unpaired) electrons. The number of phenols is 1. The highest BCUT2D eigenvalue weighted by molar-refractivity contribution is 5.74. The minimum Gasteiger partial charge on any atom is -0.508 e. The molecule has 0 aliphatic carbocycles. The molecule has 0 spiro atoms. The highest BCUT2D eigenvalue weighted by Crippen LogP contribution is 2.30. The van der Waals surface area contributed by atoms with Gasteiger partial charge in [-0.1, -0.05) is 69.4 Å². The first-order valence-electron chi connectivity index (χ1n) is 9.69. The minimum absolute atomic E-state index is 0.402. The molecule has 0 atom stereocenters. The lowest BCUT2D eigenvalue weighted by atomic mass is 9.94. The maximum atomic E-state index is 10.1. The zero-order chi connectivity index (χ0) is 18.9. The smallest absolute Gasteiger partial charge is 0.118 e. The first kappa shape index (κ1) is 19.9. The maximum Gasteiger partial charge on any atom is 0.118 e. The van der Waals surface area contributed by atoms with Crippen LogP contribution < -0.4 is 0 Å². The van der Waals surface area contributed by atoms with Crippen LogP contribution in [0, 0.1) is 12.3 Å². The molecule has 0 amide bonds. The fraction of sp³-hybridized carbons (Fsp3) is 0.360. The average molecular weight is 347 g/mol. The summed E-state index contributed by atoms with van der Waals surface area (Å²) < 4.78 is 0. The second-order valence-electron chi connectivity index (χ2n) is 6.88. The van der Waals surface area contributed by atoms with Gasteiger partial charge in [-0.2, -0.15) is 0 Å². The number of hydrogen-bond donors (Lipinski definition) is 1. The van der Waals surface area contributed by atoms with Crippen LogP contribution in [-0.2, 0) is 6.42 Å². The Morgan fingerprint density at radius 3 is 2.27 bits per heavy atom. The molecule has 0 aliphatic rings. The first-order valence-corrected chi connectivity index (χ1v) is 9.69. The molecular formula is C25H30O. The van der Waals surface area contributed by atoms with Gasteiger partial charge in [-0.3, -0.25) is 0 Å². The number of unbranched alkanes of at least 4 members (excludes halogenated alkanes) is 2. The molecule has 0 heterocycles. The molecule has 0 fully saturated rings. The van der Waals surface area contributed by atoms with Crippen molar-refractivity contribution < 1.29 is 5.11 Å². The van der Waals surface area contributed by atoms with E-state index >= 15 is 0 Å². The van der Waals surface area contributed by atoms with Crippen LogP contribution in [0.1, 0.15) is 64.0 Å². The normalized spacial score (nSPS) is 11.8. The lowest BCUT2D eigenvalue weighted by Crippen LogP contribution is -1.90. The Morgan fingerprint density at radius 1 is 0.962 bits per heavy atom. The number of aromatic hydroxyl groups is 1. The van der Waals surface area contributed by atoms with Crippen molar-refractivity contribution in [1.82, 2.24) is 0 Å². The standard InChI is InChI=1S/C25H30O/c1-5-8-9-11-23-18-22(16-17-25(23)26)20-12-14-21(15-13-20)24(10-6-2)19(4)7-3/h3,12-18,26H,5-6,8-11H2,1-2,4H3/b24-19-. The van der Waals surface area contributed by atoms with E-state index in [1.807, 2.05) is 19.1 Å². The van der Waals surface area contributed by atoms with Crippen molar-refractivity contribution in [1.29, 1.82) is 0 Å². The predicted molar refractivity (Wildman–Crippen MR) is 113 cm³/mol. The molecule has 26 heavy (non-hydrogen) atoms. The molecule has 0 saturated carbocycles. The Morgan fingerprint density at radius 2 is 1.65 bits per heavy atom. The fourth-order valence-corrected chi connectivity index (χ4v) is 3.28. The summed E-state index contributed by atoms with van der Waals surface area (Å²) in [4.78, 5) is 0. The number of aryl methyl sites for hydroxylation is 1. The molecule has 136 valence electrons. The molecule has 0 bridgehead atoms. The summed E-state index contributed by atoms with van der Waals surface area (Å²) in [6.45, 7) is 6.39. The highest BCUT2D eigenvalue weighted by Gasteiger charge is 2.07. The van der Waals surface area contributed by atoms with Crippen molar-refractivity contribution in [3.63, 3.8) is 0 Å². The lowest BCUT2D eigenvalue weighted by molar-refractivity contribution is 0.466. The van der Waals surface area contributed by atoms with Gasteiger partial charge in [0.1, 0.15) is 5.75 Å². The predicted octanol–water partition coefficient (Wildman–Crippen LogP) is 7.00. The number of hydrogen-bond acceptors (Lipinski definition) is 1. The van der Waals surface area contributed by atoms with Gasteiger partial charge >= 0.3 is 0 Å². The third kappa shape index (κ3) is 5.02. The van der Waals surface area contributed by atoms with Gasteiger partial charge in [-0.15, -0.1) is 6.42 Å². The molecule has 0 aromatic heterocycles. The number of terminal acetylenes is 1. The van der Waals surface area contributed by atoms with Crippen molar-refractivity contribution in [3.05, 3.63) is 59.2 Å². The zero-order valence-corrected chi connectivity index (χ0v) is 16.3. The lowest BCUT2D eigenvalue weighted by Gasteiger charge is -2.11. The third-order valence-electron chi connectivity index (χ3n) is 4.87. The Labute approximate surface area is 158 Å². The van der Waals surface area contributed by atoms with E-state index in [1.165, 1.54) is 29.5 Å². The van der Waals surface area contributed by atoms with Crippen LogP contribution in [0.25, 0.3) is 16.7 Å². The molecule has 2 aromatic rings. The van der Waals surface area contributed by atoms with E-state index in [2.05, 4.69) is 50.1 Å². The number of phenolic OH excluding ortho intramolecular Hbond substituents is 1. The Balaban J connectivity index is 2.28. The highest BCUT2D eigenvalue weighted by atomic mass is 16.3. The topological polar surface area (TPSA) is 20.2 Å². The van der Waals surface area contributed by atoms with E-state index in [4.69, 9.17) is 6.42 Å². The van der Waals surface area contributed by atoms with Gasteiger partial charge in [0.05, 0.1) is 0 Å². The Bertz CT molecular complexity index is 788. The summed E-state index contributed by atoms with van der Waals surface area (Å²) >= 11 is 0. The van der Waals surface area contributed by atoms with Crippen LogP contribution in [0.4, 0.5) is 0 Å². The van der Waals surface area contributed by atoms with E-state index < -0.39 is 0 Å². The van der Waals surface area contributed by atoms with E-state index in [-0.39, 0.29) is 0 Å². The van der Waals surface area contributed by atoms with Crippen LogP contribution in [-0.4, -0.2) is 5.11 Å². The van der Waals surface area contributed by atoms with Gasteiger partial charge in [0.2, 0.25) is 0 Å². The Kier molecular flexibility index (Phi) is 7.54. The molecule has 2 rings (SSSR count). The number of allylic oxidation sites excluding steroid dienone is 2. The van der Waals surface area contributed by atoms with Gasteiger partial charge < -0.3 is 5.11 Å². The average Bonchev–Trinajstić information content (AvgIpc) is 2.67. The monoisotopic (exact) mass is 346 g/mol. The van der Waals surface area contributed by atoms with Gasteiger partial charge in [-0.05, 0) is 66.1 Å². The van der Waals surface area contributed by atoms with Crippen molar-refractivity contribution in [2.45, 2.75) is 59.3 Å². The molecule has 1 nitrogen and oxygen atoms in total. The summed E-state index contributed by atoms with van der Waals surface area (Å²) in [5.74, 6) is 3.19. The number of benzene rings is 2. The maximum absolute atomic E-state index is 10.1. The molecule has 0 saturated heterocycles. The largest absolute Gasteiger partial charge is 0.508 e. The van der Waals surface area contributed by atoms with Crippen molar-refractivity contribution in [2.24, 2.45) is 0 Å². The summed E-state index contributed by atoms with van der Waals surface area (Å²) in [6, 6.07) is 14.5. The second-order valence-corrected chi connectivity index (χ2v) is 6.88. The minimum atomic E-state index is 0.402. The van der Waals surface area contributed by atoms with Crippen LogP contribution in [0.5, 0.6) is 5.75 Å². The first-order chi connectivity index (χ1) is 12.6. The van der Waals surface area contributed by atoms with E-state index in [0.29, 0.717) is 5.75 Å². The van der Waals surface area contributed by atoms with Crippen LogP contribution in [0.2, 0.25) is 0 Å². The van der Waals surface area contributed by atoms with Gasteiger partial charge in [0, 0.05) is 5.57 Å². The van der Waals surface area contributed by atoms with E-state index in [9.17, 15) is 5.11 Å². The van der Waals surface area contributed by atoms with E-state index in [1.54, 1.807) is 0 Å². The van der Waals surface area contributed by atoms with E-state index in [0.717, 1.165) is 42.4 Å². The molecule has 1 heteroatoms. The zero-order valence-electron chi connectivity index (χ0n) is 16.3. The third-order valence-corrected chi connectivity index (χ3v) is 4.87. The van der Waals surface area contributed by atoms with Crippen LogP contribution >= 0.6 is 0 Å². The molecule has 1 N–H and O–H groups in total. The van der Waals surface area contributed by atoms with Crippen molar-refractivity contribution >= 4 is 5.57 Å². The number of rotatable bonds is 8. The van der Waals surface area contributed by atoms with Crippen LogP contribution in [0.3, 0.4) is 0 Å². The van der Waals surface area contributed by atoms with Gasteiger partial charge in [-0.25, -0.2) is 0 Å². The molecule has 0 unspecified atom stereocenters. The van der Waals surface area contributed by atoms with Gasteiger partial charge in [0.25, 0.3) is 0 Å².